The quantitative estimate of drug-likeness (QED) is 0.225. The lowest BCUT2D eigenvalue weighted by molar-refractivity contribution is 0.0519. The molecule has 24 nitrogen and oxygen atoms in total. The van der Waals surface area contributed by atoms with Crippen molar-refractivity contribution < 1.29 is 101 Å². The van der Waals surface area contributed by atoms with Gasteiger partial charge in [0.1, 0.15) is 0 Å². The van der Waals surface area contributed by atoms with Crippen molar-refractivity contribution in [3.63, 3.8) is 0 Å². The molecular formula is C28H84O24Si16. The van der Waals surface area contributed by atoms with Crippen molar-refractivity contribution in [1.29, 1.82) is 0 Å². The van der Waals surface area contributed by atoms with E-state index < -0.39 is 139 Å². The van der Waals surface area contributed by atoms with Gasteiger partial charge in [0.2, 0.25) is 0 Å². The third-order valence-corrected chi connectivity index (χ3v) is 73.1. The average molecular weight is 1250 g/mol. The maximum Gasteiger partial charge on any atom is 0.489 e. The molecule has 0 N–H and O–H groups in total. The smallest absolute Gasteiger partial charge is 0.416 e. The Morgan fingerprint density at radius 1 is 0.250 bits per heavy atom. The predicted molar refractivity (Wildman–Crippen MR) is 283 cm³/mol. The second-order valence-electron chi connectivity index (χ2n) is 20.1. The second-order valence-corrected chi connectivity index (χ2v) is 71.3. The number of hydrogen-bond donors (Lipinski definition) is 0. The van der Waals surface area contributed by atoms with Gasteiger partial charge >= 0.3 is 139 Å². The Labute approximate surface area is 424 Å². The van der Waals surface area contributed by atoms with Gasteiger partial charge in [0.25, 0.3) is 0 Å². The van der Waals surface area contributed by atoms with Crippen molar-refractivity contribution in [1.82, 2.24) is 0 Å². The van der Waals surface area contributed by atoms with Crippen molar-refractivity contribution in [3.8, 4) is 0 Å². The third-order valence-electron chi connectivity index (χ3n) is 9.68. The number of fused-ring (bicyclic) bond motifs is 4. The molecule has 3 aliphatic heterocycles. The standard InChI is InChI=1S/C28H84O24Si16/c1-29-53(7,8)38-63(23)40-56(13,14)35-54(9,10)36-57(15,16)41-64(24)49-65(25)42-58(17,18)37-55(11,12)39-60(20,32-4)45-66(26,43-59(19,30-2)31-3)52-68(28,51-65)47-62(22,34-6)44-61(21,33-5)46-67(27,48-63)50-64/h1-28H3. The van der Waals surface area contributed by atoms with Crippen molar-refractivity contribution in [3.05, 3.63) is 0 Å². The minimum atomic E-state index is -4.49. The van der Waals surface area contributed by atoms with Crippen molar-refractivity contribution in [2.24, 2.45) is 0 Å². The van der Waals surface area contributed by atoms with Crippen LogP contribution < -0.4 is 0 Å². The Bertz CT molecular complexity index is 1730. The molecule has 3 heterocycles. The lowest BCUT2D eigenvalue weighted by Crippen LogP contribution is -2.76. The van der Waals surface area contributed by atoms with Crippen molar-refractivity contribution in [2.75, 3.05) is 42.7 Å². The molecular weight excluding hydrogens is 1170 g/mol. The summed E-state index contributed by atoms with van der Waals surface area (Å²) in [5.74, 6) is 0. The van der Waals surface area contributed by atoms with Crippen molar-refractivity contribution >= 4 is 139 Å². The Hall–Kier alpha value is 2.51. The van der Waals surface area contributed by atoms with Gasteiger partial charge < -0.3 is 101 Å². The van der Waals surface area contributed by atoms with Gasteiger partial charge in [-0.1, -0.05) is 0 Å². The van der Waals surface area contributed by atoms with Crippen LogP contribution in [0.5, 0.6) is 0 Å². The molecule has 0 aliphatic carbocycles. The van der Waals surface area contributed by atoms with Crippen LogP contribution in [-0.2, 0) is 101 Å². The van der Waals surface area contributed by atoms with Gasteiger partial charge in [0.15, 0.2) is 0 Å². The minimum absolute atomic E-state index is 1.44. The molecule has 9 atom stereocenters. The fourth-order valence-electron chi connectivity index (χ4n) is 8.38. The Kier molecular flexibility index (Phi) is 20.7. The molecule has 68 heavy (non-hydrogen) atoms. The summed E-state index contributed by atoms with van der Waals surface area (Å²) >= 11 is 0. The average Bonchev–Trinajstić information content (AvgIpc) is 3.05. The molecule has 0 spiro atoms. The molecule has 9 unspecified atom stereocenters. The molecule has 0 saturated carbocycles. The summed E-state index contributed by atoms with van der Waals surface area (Å²) in [6.45, 7) is 39.6. The van der Waals surface area contributed by atoms with E-state index in [2.05, 4.69) is 0 Å². The monoisotopic (exact) mass is 1250 g/mol. The Morgan fingerprint density at radius 2 is 0.500 bits per heavy atom. The lowest BCUT2D eigenvalue weighted by Gasteiger charge is -2.52. The Balaban J connectivity index is 2.58. The topological polar surface area (TPSA) is 222 Å². The summed E-state index contributed by atoms with van der Waals surface area (Å²) in [6, 6.07) is 0. The van der Waals surface area contributed by atoms with Crippen LogP contribution >= 0.6 is 0 Å². The van der Waals surface area contributed by atoms with E-state index in [0.717, 1.165) is 0 Å². The first-order valence-corrected chi connectivity index (χ1v) is 61.2. The highest BCUT2D eigenvalue weighted by Crippen LogP contribution is 2.41. The van der Waals surface area contributed by atoms with E-state index in [9.17, 15) is 0 Å². The molecule has 3 rings (SSSR count). The Morgan fingerprint density at radius 3 is 0.824 bits per heavy atom. The SMILES string of the molecule is CO[Si](C)(C)O[Si]1(C)O[Si](C)(C)O[Si](C)(C)O[Si](C)(C)O[Si]2(C)O[Si]3(C)O[Si](C)(C)O[Si](C)(C)O[Si](C)(OC)O[Si](C)(O[Si](C)(OC)OC)O[Si](C)(O[Si](C)(OC)O[Si](C)(OC)O[Si](C)(O1)O2)O3. The molecule has 3 fully saturated rings. The minimum Gasteiger partial charge on any atom is -0.416 e. The van der Waals surface area contributed by atoms with Crippen LogP contribution in [0, 0.1) is 0 Å². The van der Waals surface area contributed by atoms with E-state index in [1.165, 1.54) is 35.5 Å². The van der Waals surface area contributed by atoms with E-state index in [1.54, 1.807) is 72.6 Å². The fraction of sp³-hybridized carbons (Fsp3) is 1.00. The molecule has 0 amide bonds. The first-order chi connectivity index (χ1) is 30.1. The molecule has 0 aromatic heterocycles. The van der Waals surface area contributed by atoms with Crippen LogP contribution in [0.25, 0.3) is 0 Å². The first-order valence-electron chi connectivity index (χ1n) is 22.0. The number of hydrogen-bond acceptors (Lipinski definition) is 24. The summed E-state index contributed by atoms with van der Waals surface area (Å²) in [6.07, 6.45) is 0. The first kappa shape index (κ1) is 64.8. The zero-order valence-corrected chi connectivity index (χ0v) is 61.8. The molecule has 4 bridgehead atoms. The fourth-order valence-corrected chi connectivity index (χ4v) is 84.6. The van der Waals surface area contributed by atoms with Gasteiger partial charge in [-0.15, -0.1) is 0 Å². The summed E-state index contributed by atoms with van der Waals surface area (Å²) < 4.78 is 163. The molecule has 3 saturated heterocycles. The maximum absolute atomic E-state index is 7.40. The number of rotatable bonds is 10. The van der Waals surface area contributed by atoms with Crippen molar-refractivity contribution in [2.45, 2.75) is 144 Å². The highest BCUT2D eigenvalue weighted by atomic mass is 28.6. The van der Waals surface area contributed by atoms with Crippen LogP contribution in [0.2, 0.25) is 144 Å². The maximum atomic E-state index is 7.40. The van der Waals surface area contributed by atoms with Crippen LogP contribution in [0.4, 0.5) is 0 Å². The van der Waals surface area contributed by atoms with E-state index in [4.69, 9.17) is 101 Å². The largest absolute Gasteiger partial charge is 0.489 e. The molecule has 0 radical (unpaired) electrons. The highest BCUT2D eigenvalue weighted by molar-refractivity contribution is 6.98. The van der Waals surface area contributed by atoms with Gasteiger partial charge in [-0.3, -0.25) is 0 Å². The molecule has 0 aromatic rings. The van der Waals surface area contributed by atoms with Gasteiger partial charge in [-0.05, 0) is 78.6 Å². The molecule has 404 valence electrons. The molecule has 40 heteroatoms. The predicted octanol–water partition coefficient (Wildman–Crippen LogP) is 6.10. The third kappa shape index (κ3) is 18.9. The molecule has 0 aromatic carbocycles. The van der Waals surface area contributed by atoms with Gasteiger partial charge in [0, 0.05) is 108 Å². The summed E-state index contributed by atoms with van der Waals surface area (Å²) in [7, 11) is -51.8. The van der Waals surface area contributed by atoms with E-state index >= 15 is 0 Å². The summed E-state index contributed by atoms with van der Waals surface area (Å²) in [5.41, 5.74) is 0. The lowest BCUT2D eigenvalue weighted by atomic mass is 11.8. The van der Waals surface area contributed by atoms with E-state index in [1.807, 2.05) is 78.6 Å². The van der Waals surface area contributed by atoms with E-state index in [-0.39, 0.29) is 0 Å². The van der Waals surface area contributed by atoms with Gasteiger partial charge in [-0.25, -0.2) is 0 Å². The summed E-state index contributed by atoms with van der Waals surface area (Å²) in [4.78, 5) is 0. The van der Waals surface area contributed by atoms with Gasteiger partial charge in [0.05, 0.1) is 0 Å². The zero-order valence-electron chi connectivity index (χ0n) is 45.8. The normalized spacial score (nSPS) is 42.2. The highest BCUT2D eigenvalue weighted by Gasteiger charge is 2.70. The van der Waals surface area contributed by atoms with Crippen LogP contribution in [0.15, 0.2) is 0 Å². The molecule has 3 aliphatic rings. The zero-order chi connectivity index (χ0) is 53.0. The van der Waals surface area contributed by atoms with Crippen LogP contribution in [0.1, 0.15) is 0 Å². The second kappa shape index (κ2) is 21.7. The van der Waals surface area contributed by atoms with E-state index in [0.29, 0.717) is 0 Å². The van der Waals surface area contributed by atoms with Gasteiger partial charge in [-0.2, -0.15) is 0 Å². The van der Waals surface area contributed by atoms with Crippen LogP contribution in [0.3, 0.4) is 0 Å². The summed E-state index contributed by atoms with van der Waals surface area (Å²) in [5, 5.41) is 0. The van der Waals surface area contributed by atoms with Crippen LogP contribution in [-0.4, -0.2) is 182 Å².